The first kappa shape index (κ1) is 14.0. The van der Waals surface area contributed by atoms with Gasteiger partial charge in [-0.1, -0.05) is 0 Å². The maximum atomic E-state index is 9.13. The van der Waals surface area contributed by atoms with Gasteiger partial charge < -0.3 is 4.74 Å². The maximum Gasteiger partial charge on any atom is 0.133 e. The number of thiazole rings is 1. The molecule has 2 rings (SSSR count). The molecule has 0 N–H and O–H groups in total. The standard InChI is InChI=1S/C14H13BrN2OS/c1-14(2,8-16)12-7-19-13(17-12)9-4-5-11(18-3)10(15)6-9/h4-7H,1-3H3. The van der Waals surface area contributed by atoms with E-state index in [1.165, 1.54) is 0 Å². The van der Waals surface area contributed by atoms with Crippen molar-refractivity contribution in [3.05, 3.63) is 33.7 Å². The Balaban J connectivity index is 2.39. The number of benzene rings is 1. The molecule has 0 aliphatic rings. The summed E-state index contributed by atoms with van der Waals surface area (Å²) in [4.78, 5) is 4.55. The van der Waals surface area contributed by atoms with E-state index in [0.717, 1.165) is 26.5 Å². The van der Waals surface area contributed by atoms with Crippen LogP contribution in [0.15, 0.2) is 28.1 Å². The summed E-state index contributed by atoms with van der Waals surface area (Å²) in [5, 5.41) is 12.0. The summed E-state index contributed by atoms with van der Waals surface area (Å²) in [7, 11) is 1.64. The summed E-state index contributed by atoms with van der Waals surface area (Å²) in [6.45, 7) is 3.74. The van der Waals surface area contributed by atoms with Crippen molar-refractivity contribution in [1.29, 1.82) is 5.26 Å². The van der Waals surface area contributed by atoms with Crippen LogP contribution in [0.5, 0.6) is 5.75 Å². The van der Waals surface area contributed by atoms with Crippen molar-refractivity contribution in [3.8, 4) is 22.4 Å². The second-order valence-electron chi connectivity index (χ2n) is 4.62. The molecule has 1 heterocycles. The van der Waals surface area contributed by atoms with E-state index in [4.69, 9.17) is 10.00 Å². The van der Waals surface area contributed by atoms with Gasteiger partial charge in [0.05, 0.1) is 28.8 Å². The van der Waals surface area contributed by atoms with E-state index in [2.05, 4.69) is 27.0 Å². The van der Waals surface area contributed by atoms with Crippen LogP contribution in [0.25, 0.3) is 10.6 Å². The van der Waals surface area contributed by atoms with Crippen molar-refractivity contribution in [1.82, 2.24) is 4.98 Å². The number of methoxy groups -OCH3 is 1. The Hall–Kier alpha value is -1.38. The molecule has 0 bridgehead atoms. The highest BCUT2D eigenvalue weighted by Gasteiger charge is 2.23. The van der Waals surface area contributed by atoms with E-state index in [1.807, 2.05) is 37.4 Å². The number of halogens is 1. The Morgan fingerprint density at radius 1 is 1.42 bits per heavy atom. The van der Waals surface area contributed by atoms with E-state index in [0.29, 0.717) is 0 Å². The molecule has 0 aliphatic carbocycles. The molecular formula is C14H13BrN2OS. The fourth-order valence-corrected chi connectivity index (χ4v) is 3.08. The molecule has 3 nitrogen and oxygen atoms in total. The number of hydrogen-bond acceptors (Lipinski definition) is 4. The topological polar surface area (TPSA) is 45.9 Å². The Morgan fingerprint density at radius 3 is 2.74 bits per heavy atom. The Labute approximate surface area is 125 Å². The normalized spacial score (nSPS) is 11.1. The molecule has 0 spiro atoms. The molecule has 5 heteroatoms. The Kier molecular flexibility index (Phi) is 3.93. The first-order valence-corrected chi connectivity index (χ1v) is 7.36. The van der Waals surface area contributed by atoms with Crippen molar-refractivity contribution < 1.29 is 4.74 Å². The summed E-state index contributed by atoms with van der Waals surface area (Å²) in [6.07, 6.45) is 0. The lowest BCUT2D eigenvalue weighted by atomic mass is 9.92. The van der Waals surface area contributed by atoms with E-state index in [9.17, 15) is 0 Å². The van der Waals surface area contributed by atoms with Crippen molar-refractivity contribution in [2.24, 2.45) is 0 Å². The third-order valence-electron chi connectivity index (χ3n) is 2.82. The van der Waals surface area contributed by atoms with E-state index in [1.54, 1.807) is 18.4 Å². The summed E-state index contributed by atoms with van der Waals surface area (Å²) < 4.78 is 6.10. The van der Waals surface area contributed by atoms with E-state index in [-0.39, 0.29) is 0 Å². The third kappa shape index (κ3) is 2.80. The molecule has 0 saturated carbocycles. The minimum absolute atomic E-state index is 0.557. The molecule has 0 fully saturated rings. The van der Waals surface area contributed by atoms with Crippen LogP contribution in [-0.2, 0) is 5.41 Å². The van der Waals surface area contributed by atoms with Gasteiger partial charge in [0.2, 0.25) is 0 Å². The molecule has 19 heavy (non-hydrogen) atoms. The lowest BCUT2D eigenvalue weighted by molar-refractivity contribution is 0.412. The van der Waals surface area contributed by atoms with Gasteiger partial charge in [0.1, 0.15) is 10.8 Å². The van der Waals surface area contributed by atoms with Gasteiger partial charge in [-0.05, 0) is 48.0 Å². The molecular weight excluding hydrogens is 324 g/mol. The summed E-state index contributed by atoms with van der Waals surface area (Å²) in [6, 6.07) is 8.10. The van der Waals surface area contributed by atoms with Gasteiger partial charge in [-0.2, -0.15) is 5.26 Å². The average Bonchev–Trinajstić information content (AvgIpc) is 2.89. The van der Waals surface area contributed by atoms with Gasteiger partial charge in [0.25, 0.3) is 0 Å². The number of nitrogens with zero attached hydrogens (tertiary/aromatic N) is 2. The second-order valence-corrected chi connectivity index (χ2v) is 6.34. The smallest absolute Gasteiger partial charge is 0.133 e. The molecule has 0 saturated heterocycles. The van der Waals surface area contributed by atoms with Crippen LogP contribution in [0, 0.1) is 11.3 Å². The molecule has 0 amide bonds. The highest BCUT2D eigenvalue weighted by Crippen LogP contribution is 2.34. The molecule has 98 valence electrons. The van der Waals surface area contributed by atoms with E-state index < -0.39 is 5.41 Å². The molecule has 0 radical (unpaired) electrons. The molecule has 1 aromatic carbocycles. The lowest BCUT2D eigenvalue weighted by Crippen LogP contribution is -2.14. The van der Waals surface area contributed by atoms with Crippen LogP contribution in [0.1, 0.15) is 19.5 Å². The van der Waals surface area contributed by atoms with Crippen molar-refractivity contribution in [2.45, 2.75) is 19.3 Å². The van der Waals surface area contributed by atoms with Gasteiger partial charge in [-0.15, -0.1) is 11.3 Å². The largest absolute Gasteiger partial charge is 0.496 e. The first-order valence-electron chi connectivity index (χ1n) is 5.69. The van der Waals surface area contributed by atoms with Crippen LogP contribution in [0.3, 0.4) is 0 Å². The fourth-order valence-electron chi connectivity index (χ4n) is 1.55. The Bertz CT molecular complexity index is 643. The maximum absolute atomic E-state index is 9.13. The minimum Gasteiger partial charge on any atom is -0.496 e. The quantitative estimate of drug-likeness (QED) is 0.835. The number of aromatic nitrogens is 1. The zero-order valence-corrected chi connectivity index (χ0v) is 13.3. The first-order chi connectivity index (χ1) is 8.97. The lowest BCUT2D eigenvalue weighted by Gasteiger charge is -2.10. The van der Waals surface area contributed by atoms with Gasteiger partial charge in [-0.25, -0.2) is 4.98 Å². The average molecular weight is 337 g/mol. The number of nitriles is 1. The Morgan fingerprint density at radius 2 is 2.16 bits per heavy atom. The fraction of sp³-hybridized carbons (Fsp3) is 0.286. The van der Waals surface area contributed by atoms with Gasteiger partial charge in [0, 0.05) is 10.9 Å². The summed E-state index contributed by atoms with van der Waals surface area (Å²) >= 11 is 5.01. The summed E-state index contributed by atoms with van der Waals surface area (Å²) in [5.74, 6) is 0.790. The number of ether oxygens (including phenoxy) is 1. The second kappa shape index (κ2) is 5.32. The molecule has 2 aromatic rings. The van der Waals surface area contributed by atoms with Crippen molar-refractivity contribution in [3.63, 3.8) is 0 Å². The van der Waals surface area contributed by atoms with Crippen LogP contribution < -0.4 is 4.74 Å². The monoisotopic (exact) mass is 336 g/mol. The van der Waals surface area contributed by atoms with Gasteiger partial charge in [0.15, 0.2) is 0 Å². The molecule has 0 unspecified atom stereocenters. The van der Waals surface area contributed by atoms with Gasteiger partial charge in [-0.3, -0.25) is 0 Å². The molecule has 0 atom stereocenters. The predicted molar refractivity (Wildman–Crippen MR) is 80.4 cm³/mol. The van der Waals surface area contributed by atoms with Crippen molar-refractivity contribution >= 4 is 27.3 Å². The predicted octanol–water partition coefficient (Wildman–Crippen LogP) is 4.38. The zero-order chi connectivity index (χ0) is 14.0. The third-order valence-corrected chi connectivity index (χ3v) is 4.33. The summed E-state index contributed by atoms with van der Waals surface area (Å²) in [5.41, 5.74) is 1.26. The van der Waals surface area contributed by atoms with Crippen LogP contribution in [0.2, 0.25) is 0 Å². The van der Waals surface area contributed by atoms with E-state index >= 15 is 0 Å². The SMILES string of the molecule is COc1ccc(-c2nc(C(C)(C)C#N)cs2)cc1Br. The zero-order valence-electron chi connectivity index (χ0n) is 10.9. The van der Waals surface area contributed by atoms with Crippen molar-refractivity contribution in [2.75, 3.05) is 7.11 Å². The van der Waals surface area contributed by atoms with Gasteiger partial charge >= 0.3 is 0 Å². The highest BCUT2D eigenvalue weighted by atomic mass is 79.9. The number of rotatable bonds is 3. The minimum atomic E-state index is -0.557. The highest BCUT2D eigenvalue weighted by molar-refractivity contribution is 9.10. The molecule has 0 aliphatic heterocycles. The van der Waals surface area contributed by atoms with Crippen LogP contribution in [-0.4, -0.2) is 12.1 Å². The number of hydrogen-bond donors (Lipinski definition) is 0. The van der Waals surface area contributed by atoms with Crippen LogP contribution in [0.4, 0.5) is 0 Å². The molecule has 1 aromatic heterocycles. The van der Waals surface area contributed by atoms with Crippen LogP contribution >= 0.6 is 27.3 Å².